The molecule has 1 amide bonds. The number of nitrogens with one attached hydrogen (secondary N) is 1. The molecule has 0 saturated heterocycles. The van der Waals surface area contributed by atoms with Gasteiger partial charge in [0.2, 0.25) is 0 Å². The molecule has 0 heterocycles. The Bertz CT molecular complexity index is 614. The average Bonchev–Trinajstić information content (AvgIpc) is 2.52. The molecule has 2 rings (SSSR count). The smallest absolute Gasteiger partial charge is 0.262 e. The highest BCUT2D eigenvalue weighted by atomic mass is 19.1. The van der Waals surface area contributed by atoms with Gasteiger partial charge in [0.05, 0.1) is 6.61 Å². The summed E-state index contributed by atoms with van der Waals surface area (Å²) < 4.78 is 23.8. The Morgan fingerprint density at radius 1 is 1.09 bits per heavy atom. The molecule has 0 saturated carbocycles. The van der Waals surface area contributed by atoms with Gasteiger partial charge in [0, 0.05) is 5.69 Å². The van der Waals surface area contributed by atoms with E-state index in [1.54, 1.807) is 30.3 Å². The largest absolute Gasteiger partial charge is 0.494 e. The van der Waals surface area contributed by atoms with Crippen LogP contribution in [-0.2, 0) is 4.79 Å². The van der Waals surface area contributed by atoms with Crippen molar-refractivity contribution in [3.05, 3.63) is 54.3 Å². The monoisotopic (exact) mass is 303 g/mol. The standard InChI is InChI=1S/C17H18FNO3/c1-2-10-21-15-6-8-16(9-7-15)22-12-17(20)19-14-5-3-4-13(18)11-14/h3-9,11H,2,10,12H2,1H3,(H,19,20). The first-order valence-corrected chi connectivity index (χ1v) is 7.08. The van der Waals surface area contributed by atoms with Crippen LogP contribution in [0.25, 0.3) is 0 Å². The molecule has 0 atom stereocenters. The van der Waals surface area contributed by atoms with Gasteiger partial charge in [-0.2, -0.15) is 0 Å². The normalized spacial score (nSPS) is 10.1. The van der Waals surface area contributed by atoms with E-state index in [-0.39, 0.29) is 12.5 Å². The lowest BCUT2D eigenvalue weighted by Gasteiger charge is -2.09. The van der Waals surface area contributed by atoms with Crippen molar-refractivity contribution in [2.75, 3.05) is 18.5 Å². The second kappa shape index (κ2) is 8.02. The Morgan fingerprint density at radius 2 is 1.77 bits per heavy atom. The quantitative estimate of drug-likeness (QED) is 0.849. The molecule has 116 valence electrons. The zero-order valence-corrected chi connectivity index (χ0v) is 12.3. The number of amides is 1. The first kappa shape index (κ1) is 15.8. The van der Waals surface area contributed by atoms with Gasteiger partial charge in [0.15, 0.2) is 6.61 Å². The summed E-state index contributed by atoms with van der Waals surface area (Å²) in [5.41, 5.74) is 0.400. The van der Waals surface area contributed by atoms with Crippen LogP contribution >= 0.6 is 0 Å². The van der Waals surface area contributed by atoms with Gasteiger partial charge in [-0.15, -0.1) is 0 Å². The maximum Gasteiger partial charge on any atom is 0.262 e. The van der Waals surface area contributed by atoms with Crippen LogP contribution in [0.15, 0.2) is 48.5 Å². The van der Waals surface area contributed by atoms with E-state index in [1.807, 2.05) is 6.92 Å². The van der Waals surface area contributed by atoms with Gasteiger partial charge in [-0.25, -0.2) is 4.39 Å². The van der Waals surface area contributed by atoms with E-state index >= 15 is 0 Å². The van der Waals surface area contributed by atoms with E-state index in [0.717, 1.165) is 12.2 Å². The molecule has 0 radical (unpaired) electrons. The predicted molar refractivity (Wildman–Crippen MR) is 82.8 cm³/mol. The Balaban J connectivity index is 1.80. The topological polar surface area (TPSA) is 47.6 Å². The molecule has 0 fully saturated rings. The van der Waals surface area contributed by atoms with E-state index in [1.165, 1.54) is 18.2 Å². The Kier molecular flexibility index (Phi) is 5.77. The molecule has 2 aromatic rings. The van der Waals surface area contributed by atoms with Crippen LogP contribution in [0.2, 0.25) is 0 Å². The molecule has 2 aromatic carbocycles. The van der Waals surface area contributed by atoms with E-state index in [4.69, 9.17) is 9.47 Å². The minimum Gasteiger partial charge on any atom is -0.494 e. The van der Waals surface area contributed by atoms with Gasteiger partial charge < -0.3 is 14.8 Å². The van der Waals surface area contributed by atoms with Crippen LogP contribution < -0.4 is 14.8 Å². The van der Waals surface area contributed by atoms with E-state index in [0.29, 0.717) is 18.0 Å². The number of anilines is 1. The SMILES string of the molecule is CCCOc1ccc(OCC(=O)Nc2cccc(F)c2)cc1. The highest BCUT2D eigenvalue weighted by Gasteiger charge is 2.04. The van der Waals surface area contributed by atoms with Crippen molar-refractivity contribution in [2.24, 2.45) is 0 Å². The Labute approximate surface area is 128 Å². The van der Waals surface area contributed by atoms with Crippen molar-refractivity contribution >= 4 is 11.6 Å². The fraction of sp³-hybridized carbons (Fsp3) is 0.235. The van der Waals surface area contributed by atoms with Gasteiger partial charge >= 0.3 is 0 Å². The first-order chi connectivity index (χ1) is 10.7. The molecule has 22 heavy (non-hydrogen) atoms. The number of hydrogen-bond acceptors (Lipinski definition) is 3. The van der Waals surface area contributed by atoms with Crippen molar-refractivity contribution in [3.63, 3.8) is 0 Å². The summed E-state index contributed by atoms with van der Waals surface area (Å²) in [5.74, 6) is 0.579. The lowest BCUT2D eigenvalue weighted by atomic mass is 10.3. The number of hydrogen-bond donors (Lipinski definition) is 1. The van der Waals surface area contributed by atoms with E-state index in [2.05, 4.69) is 5.32 Å². The summed E-state index contributed by atoms with van der Waals surface area (Å²) in [6.45, 7) is 2.55. The molecular weight excluding hydrogens is 285 g/mol. The zero-order valence-electron chi connectivity index (χ0n) is 12.3. The lowest BCUT2D eigenvalue weighted by molar-refractivity contribution is -0.118. The average molecular weight is 303 g/mol. The van der Waals surface area contributed by atoms with Crippen LogP contribution in [0.5, 0.6) is 11.5 Å². The molecular formula is C17H18FNO3. The summed E-state index contributed by atoms with van der Waals surface area (Å²) >= 11 is 0. The van der Waals surface area contributed by atoms with E-state index in [9.17, 15) is 9.18 Å². The first-order valence-electron chi connectivity index (χ1n) is 7.08. The van der Waals surface area contributed by atoms with Crippen LogP contribution in [0.3, 0.4) is 0 Å². The van der Waals surface area contributed by atoms with Gasteiger partial charge in [0.1, 0.15) is 17.3 Å². The van der Waals surface area contributed by atoms with Gasteiger partial charge in [-0.1, -0.05) is 13.0 Å². The van der Waals surface area contributed by atoms with E-state index < -0.39 is 5.82 Å². The van der Waals surface area contributed by atoms with Crippen molar-refractivity contribution < 1.29 is 18.7 Å². The van der Waals surface area contributed by atoms with Gasteiger partial charge in [0.25, 0.3) is 5.91 Å². The molecule has 0 unspecified atom stereocenters. The minimum absolute atomic E-state index is 0.147. The van der Waals surface area contributed by atoms with Gasteiger partial charge in [-0.05, 0) is 48.9 Å². The van der Waals surface area contributed by atoms with Crippen LogP contribution in [0.1, 0.15) is 13.3 Å². The number of rotatable bonds is 7. The maximum atomic E-state index is 13.0. The van der Waals surface area contributed by atoms with Crippen LogP contribution in [0, 0.1) is 5.82 Å². The lowest BCUT2D eigenvalue weighted by Crippen LogP contribution is -2.20. The maximum absolute atomic E-state index is 13.0. The molecule has 5 heteroatoms. The highest BCUT2D eigenvalue weighted by molar-refractivity contribution is 5.91. The summed E-state index contributed by atoms with van der Waals surface area (Å²) in [5, 5.41) is 2.56. The summed E-state index contributed by atoms with van der Waals surface area (Å²) in [6, 6.07) is 12.7. The number of carbonyl (C=O) groups excluding carboxylic acids is 1. The van der Waals surface area contributed by atoms with Crippen molar-refractivity contribution in [1.29, 1.82) is 0 Å². The molecule has 0 aliphatic carbocycles. The number of carbonyl (C=O) groups is 1. The third-order valence-corrected chi connectivity index (χ3v) is 2.77. The third kappa shape index (κ3) is 5.09. The van der Waals surface area contributed by atoms with Crippen molar-refractivity contribution in [2.45, 2.75) is 13.3 Å². The van der Waals surface area contributed by atoms with Crippen LogP contribution in [0.4, 0.5) is 10.1 Å². The molecule has 0 bridgehead atoms. The second-order valence-electron chi connectivity index (χ2n) is 4.67. The minimum atomic E-state index is -0.401. The number of ether oxygens (including phenoxy) is 2. The third-order valence-electron chi connectivity index (χ3n) is 2.77. The molecule has 1 N–H and O–H groups in total. The Hall–Kier alpha value is -2.56. The summed E-state index contributed by atoms with van der Waals surface area (Å²) in [7, 11) is 0. The van der Waals surface area contributed by atoms with Gasteiger partial charge in [-0.3, -0.25) is 4.79 Å². The molecule has 0 aromatic heterocycles. The fourth-order valence-corrected chi connectivity index (χ4v) is 1.76. The highest BCUT2D eigenvalue weighted by Crippen LogP contribution is 2.17. The number of benzene rings is 2. The Morgan fingerprint density at radius 3 is 2.41 bits per heavy atom. The second-order valence-corrected chi connectivity index (χ2v) is 4.67. The summed E-state index contributed by atoms with van der Waals surface area (Å²) in [6.07, 6.45) is 0.943. The molecule has 0 spiro atoms. The molecule has 0 aliphatic rings. The zero-order chi connectivity index (χ0) is 15.8. The fourth-order valence-electron chi connectivity index (χ4n) is 1.76. The van der Waals surface area contributed by atoms with Crippen LogP contribution in [-0.4, -0.2) is 19.1 Å². The predicted octanol–water partition coefficient (Wildman–Crippen LogP) is 3.63. The van der Waals surface area contributed by atoms with Crippen molar-refractivity contribution in [1.82, 2.24) is 0 Å². The summed E-state index contributed by atoms with van der Waals surface area (Å²) in [4.78, 5) is 11.7. The number of halogens is 1. The molecule has 4 nitrogen and oxygen atoms in total. The van der Waals surface area contributed by atoms with Crippen molar-refractivity contribution in [3.8, 4) is 11.5 Å². The molecule has 0 aliphatic heterocycles.